The molecule has 1 heterocycles. The van der Waals surface area contributed by atoms with Gasteiger partial charge < -0.3 is 5.32 Å². The van der Waals surface area contributed by atoms with Crippen LogP contribution >= 0.6 is 11.8 Å². The normalized spacial score (nSPS) is 10.7. The molecule has 0 aliphatic heterocycles. The Kier molecular flexibility index (Phi) is 4.52. The number of nitrogens with one attached hydrogen (secondary N) is 1. The molecule has 0 aliphatic rings. The molecule has 0 atom stereocenters. The fraction of sp³-hybridized carbons (Fsp3) is 0.0588. The second kappa shape index (κ2) is 6.75. The van der Waals surface area contributed by atoms with Crippen LogP contribution in [0.3, 0.4) is 0 Å². The Morgan fingerprint density at radius 3 is 2.83 bits per heavy atom. The molecule has 0 unspecified atom stereocenters. The molecule has 0 fully saturated rings. The molecule has 2 aromatic carbocycles. The van der Waals surface area contributed by atoms with Crippen molar-refractivity contribution in [2.24, 2.45) is 0 Å². The summed E-state index contributed by atoms with van der Waals surface area (Å²) in [4.78, 5) is 16.5. The van der Waals surface area contributed by atoms with Gasteiger partial charge in [-0.3, -0.25) is 9.78 Å². The number of amides is 1. The highest BCUT2D eigenvalue weighted by Gasteiger charge is 2.09. The average molecular weight is 330 g/mol. The van der Waals surface area contributed by atoms with E-state index in [1.54, 1.807) is 24.4 Å². The van der Waals surface area contributed by atoms with E-state index in [0.29, 0.717) is 5.69 Å². The highest BCUT2D eigenvalue weighted by molar-refractivity contribution is 8.00. The van der Waals surface area contributed by atoms with E-state index in [2.05, 4.69) is 10.3 Å². The third-order valence-electron chi connectivity index (χ3n) is 3.17. The molecule has 0 radical (unpaired) electrons. The molecule has 0 saturated carbocycles. The van der Waals surface area contributed by atoms with Gasteiger partial charge in [0.25, 0.3) is 0 Å². The first kappa shape index (κ1) is 15.4. The number of rotatable bonds is 4. The highest BCUT2D eigenvalue weighted by Crippen LogP contribution is 2.24. The van der Waals surface area contributed by atoms with Crippen molar-refractivity contribution >= 4 is 34.3 Å². The van der Waals surface area contributed by atoms with Gasteiger partial charge in [-0.2, -0.15) is 0 Å². The number of halogens is 2. The standard InChI is InChI=1S/C17H12F2N2OS/c18-11-6-7-16(13(19)9-11)23-10-17(22)21-15-5-1-4-14-12(15)3-2-8-20-14/h1-9H,10H2,(H,21,22). The largest absolute Gasteiger partial charge is 0.325 e. The van der Waals surface area contributed by atoms with Gasteiger partial charge in [0.2, 0.25) is 5.91 Å². The highest BCUT2D eigenvalue weighted by atomic mass is 32.2. The number of aromatic nitrogens is 1. The number of carbonyl (C=O) groups is 1. The number of benzene rings is 2. The molecular weight excluding hydrogens is 318 g/mol. The van der Waals surface area contributed by atoms with Crippen molar-refractivity contribution in [3.63, 3.8) is 0 Å². The van der Waals surface area contributed by atoms with Crippen molar-refractivity contribution in [3.8, 4) is 0 Å². The van der Waals surface area contributed by atoms with Gasteiger partial charge in [0, 0.05) is 22.5 Å². The summed E-state index contributed by atoms with van der Waals surface area (Å²) in [6.07, 6.45) is 1.68. The zero-order chi connectivity index (χ0) is 16.2. The fourth-order valence-corrected chi connectivity index (χ4v) is 2.85. The molecule has 23 heavy (non-hydrogen) atoms. The van der Waals surface area contributed by atoms with Crippen LogP contribution in [0, 0.1) is 11.6 Å². The quantitative estimate of drug-likeness (QED) is 0.727. The molecule has 0 spiro atoms. The molecular formula is C17H12F2N2OS. The van der Waals surface area contributed by atoms with E-state index in [-0.39, 0.29) is 16.6 Å². The van der Waals surface area contributed by atoms with Gasteiger partial charge in [-0.25, -0.2) is 8.78 Å². The van der Waals surface area contributed by atoms with Gasteiger partial charge in [-0.15, -0.1) is 11.8 Å². The summed E-state index contributed by atoms with van der Waals surface area (Å²) in [6, 6.07) is 12.4. The summed E-state index contributed by atoms with van der Waals surface area (Å²) in [6.45, 7) is 0. The Morgan fingerprint density at radius 1 is 1.13 bits per heavy atom. The lowest BCUT2D eigenvalue weighted by Crippen LogP contribution is -2.14. The predicted molar refractivity (Wildman–Crippen MR) is 87.5 cm³/mol. The third-order valence-corrected chi connectivity index (χ3v) is 4.22. The van der Waals surface area contributed by atoms with Crippen LogP contribution in [0.25, 0.3) is 10.9 Å². The van der Waals surface area contributed by atoms with E-state index in [1.165, 1.54) is 12.1 Å². The van der Waals surface area contributed by atoms with Crippen LogP contribution in [0.2, 0.25) is 0 Å². The Labute approximate surface area is 135 Å². The van der Waals surface area contributed by atoms with E-state index < -0.39 is 11.6 Å². The van der Waals surface area contributed by atoms with Crippen molar-refractivity contribution in [3.05, 3.63) is 66.4 Å². The molecule has 3 aromatic rings. The number of anilines is 1. The summed E-state index contributed by atoms with van der Waals surface area (Å²) in [7, 11) is 0. The topological polar surface area (TPSA) is 42.0 Å². The lowest BCUT2D eigenvalue weighted by molar-refractivity contribution is -0.113. The summed E-state index contributed by atoms with van der Waals surface area (Å²) in [5, 5.41) is 3.62. The van der Waals surface area contributed by atoms with Crippen LogP contribution in [0.1, 0.15) is 0 Å². The Bertz CT molecular complexity index is 865. The van der Waals surface area contributed by atoms with Gasteiger partial charge in [0.15, 0.2) is 0 Å². The zero-order valence-electron chi connectivity index (χ0n) is 11.9. The number of hydrogen-bond donors (Lipinski definition) is 1. The summed E-state index contributed by atoms with van der Waals surface area (Å²) in [5.41, 5.74) is 1.43. The fourth-order valence-electron chi connectivity index (χ4n) is 2.13. The summed E-state index contributed by atoms with van der Waals surface area (Å²) < 4.78 is 26.4. The number of hydrogen-bond acceptors (Lipinski definition) is 3. The maximum Gasteiger partial charge on any atom is 0.234 e. The van der Waals surface area contributed by atoms with Crippen molar-refractivity contribution in [2.45, 2.75) is 4.90 Å². The molecule has 1 amide bonds. The number of nitrogens with zero attached hydrogens (tertiary/aromatic N) is 1. The average Bonchev–Trinajstić information content (AvgIpc) is 2.54. The zero-order valence-corrected chi connectivity index (χ0v) is 12.7. The summed E-state index contributed by atoms with van der Waals surface area (Å²) >= 11 is 1.02. The van der Waals surface area contributed by atoms with Gasteiger partial charge in [-0.05, 0) is 36.4 Å². The number of thioether (sulfide) groups is 1. The number of pyridine rings is 1. The first-order chi connectivity index (χ1) is 11.1. The van der Waals surface area contributed by atoms with Gasteiger partial charge in [0.1, 0.15) is 11.6 Å². The molecule has 3 rings (SSSR count). The maximum atomic E-state index is 13.5. The SMILES string of the molecule is O=C(CSc1ccc(F)cc1F)Nc1cccc2ncccc12. The monoisotopic (exact) mass is 330 g/mol. The van der Waals surface area contributed by atoms with Crippen LogP contribution in [-0.4, -0.2) is 16.6 Å². The van der Waals surface area contributed by atoms with E-state index in [1.807, 2.05) is 12.1 Å². The molecule has 3 nitrogen and oxygen atoms in total. The smallest absolute Gasteiger partial charge is 0.234 e. The first-order valence-electron chi connectivity index (χ1n) is 6.85. The minimum absolute atomic E-state index is 0.0270. The number of carbonyl (C=O) groups excluding carboxylic acids is 1. The van der Waals surface area contributed by atoms with E-state index in [9.17, 15) is 13.6 Å². The van der Waals surface area contributed by atoms with Gasteiger partial charge in [0.05, 0.1) is 17.0 Å². The van der Waals surface area contributed by atoms with Crippen LogP contribution in [-0.2, 0) is 4.79 Å². The van der Waals surface area contributed by atoms with Crippen molar-refractivity contribution in [1.82, 2.24) is 4.98 Å². The first-order valence-corrected chi connectivity index (χ1v) is 7.83. The molecule has 0 bridgehead atoms. The molecule has 6 heteroatoms. The van der Waals surface area contributed by atoms with Crippen molar-refractivity contribution < 1.29 is 13.6 Å². The van der Waals surface area contributed by atoms with Crippen LogP contribution in [0.4, 0.5) is 14.5 Å². The van der Waals surface area contributed by atoms with Crippen molar-refractivity contribution in [1.29, 1.82) is 0 Å². The van der Waals surface area contributed by atoms with Crippen LogP contribution < -0.4 is 5.32 Å². The van der Waals surface area contributed by atoms with E-state index in [0.717, 1.165) is 28.7 Å². The second-order valence-electron chi connectivity index (χ2n) is 4.79. The molecule has 1 aromatic heterocycles. The van der Waals surface area contributed by atoms with E-state index in [4.69, 9.17) is 0 Å². The lowest BCUT2D eigenvalue weighted by Gasteiger charge is -2.08. The van der Waals surface area contributed by atoms with Crippen molar-refractivity contribution in [2.75, 3.05) is 11.1 Å². The molecule has 0 aliphatic carbocycles. The molecule has 0 saturated heterocycles. The Hall–Kier alpha value is -2.47. The lowest BCUT2D eigenvalue weighted by atomic mass is 10.2. The summed E-state index contributed by atoms with van der Waals surface area (Å²) in [5.74, 6) is -1.55. The van der Waals surface area contributed by atoms with Gasteiger partial charge >= 0.3 is 0 Å². The molecule has 116 valence electrons. The molecule has 1 N–H and O–H groups in total. The van der Waals surface area contributed by atoms with Gasteiger partial charge in [-0.1, -0.05) is 6.07 Å². The minimum Gasteiger partial charge on any atom is -0.325 e. The Balaban J connectivity index is 1.69. The maximum absolute atomic E-state index is 13.5. The Morgan fingerprint density at radius 2 is 2.00 bits per heavy atom. The second-order valence-corrected chi connectivity index (χ2v) is 5.80. The minimum atomic E-state index is -0.669. The predicted octanol–water partition coefficient (Wildman–Crippen LogP) is 4.24. The van der Waals surface area contributed by atoms with Crippen LogP contribution in [0.15, 0.2) is 59.6 Å². The third kappa shape index (κ3) is 3.65. The number of fused-ring (bicyclic) bond motifs is 1. The van der Waals surface area contributed by atoms with Crippen LogP contribution in [0.5, 0.6) is 0 Å². The van der Waals surface area contributed by atoms with E-state index >= 15 is 0 Å².